The Morgan fingerprint density at radius 1 is 1.06 bits per heavy atom. The normalized spacial score (nSPS) is 22.2. The second-order valence-electron chi connectivity index (χ2n) is 9.58. The van der Waals surface area contributed by atoms with Crippen LogP contribution in [-0.2, 0) is 16.1 Å². The van der Waals surface area contributed by atoms with E-state index in [1.807, 2.05) is 37.8 Å². The van der Waals surface area contributed by atoms with Gasteiger partial charge < -0.3 is 14.4 Å². The predicted molar refractivity (Wildman–Crippen MR) is 118 cm³/mol. The lowest BCUT2D eigenvalue weighted by molar-refractivity contribution is -0.139. The summed E-state index contributed by atoms with van der Waals surface area (Å²) in [4.78, 5) is 32.4. The molecule has 0 aromatic heterocycles. The summed E-state index contributed by atoms with van der Waals surface area (Å²) in [5.41, 5.74) is 0.874. The molecule has 1 amide bonds. The predicted octanol–water partition coefficient (Wildman–Crippen LogP) is 2.53. The van der Waals surface area contributed by atoms with E-state index in [0.717, 1.165) is 70.0 Å². The highest BCUT2D eigenvalue weighted by atomic mass is 16.7. The van der Waals surface area contributed by atoms with Crippen LogP contribution >= 0.6 is 0 Å². The molecule has 2 saturated heterocycles. The van der Waals surface area contributed by atoms with Gasteiger partial charge in [-0.15, -0.1) is 0 Å². The molecule has 7 nitrogen and oxygen atoms in total. The molecule has 170 valence electrons. The van der Waals surface area contributed by atoms with Crippen molar-refractivity contribution in [3.05, 3.63) is 23.8 Å². The van der Waals surface area contributed by atoms with Crippen LogP contribution in [0.3, 0.4) is 0 Å². The molecule has 4 rings (SSSR count). The number of hydrogen-bond acceptors (Lipinski definition) is 6. The molecule has 0 unspecified atom stereocenters. The minimum absolute atomic E-state index is 0.142. The Bertz CT molecular complexity index is 817. The van der Waals surface area contributed by atoms with Crippen LogP contribution in [0, 0.1) is 5.41 Å². The molecule has 2 fully saturated rings. The Labute approximate surface area is 185 Å². The quantitative estimate of drug-likeness (QED) is 0.664. The molecule has 0 saturated carbocycles. The summed E-state index contributed by atoms with van der Waals surface area (Å²) < 4.78 is 10.9. The summed E-state index contributed by atoms with van der Waals surface area (Å²) in [6, 6.07) is 5.95. The largest absolute Gasteiger partial charge is 0.454 e. The number of likely N-dealkylation sites (tertiary alicyclic amines) is 1. The molecular weight excluding hydrogens is 394 g/mol. The number of hydrogen-bond donors (Lipinski definition) is 0. The number of piperazine rings is 1. The zero-order valence-corrected chi connectivity index (χ0v) is 19.1. The first kappa shape index (κ1) is 22.1. The lowest BCUT2D eigenvalue weighted by Crippen LogP contribution is -2.54. The lowest BCUT2D eigenvalue weighted by Gasteiger charge is -2.37. The first-order chi connectivity index (χ1) is 14.9. The molecule has 7 heteroatoms. The zero-order valence-electron chi connectivity index (χ0n) is 19.1. The highest BCUT2D eigenvalue weighted by Crippen LogP contribution is 2.33. The third kappa shape index (κ3) is 4.88. The van der Waals surface area contributed by atoms with Crippen LogP contribution in [0.2, 0.25) is 0 Å². The van der Waals surface area contributed by atoms with E-state index in [1.54, 1.807) is 0 Å². The fourth-order valence-corrected chi connectivity index (χ4v) is 4.53. The van der Waals surface area contributed by atoms with Crippen molar-refractivity contribution >= 4 is 11.7 Å². The fraction of sp³-hybridized carbons (Fsp3) is 0.667. The molecule has 0 N–H and O–H groups in total. The van der Waals surface area contributed by atoms with Crippen LogP contribution in [0.1, 0.15) is 45.6 Å². The first-order valence-electron chi connectivity index (χ1n) is 11.5. The maximum atomic E-state index is 13.2. The van der Waals surface area contributed by atoms with E-state index < -0.39 is 0 Å². The molecule has 1 atom stereocenters. The van der Waals surface area contributed by atoms with Gasteiger partial charge in [-0.1, -0.05) is 26.8 Å². The number of amides is 1. The van der Waals surface area contributed by atoms with Gasteiger partial charge >= 0.3 is 0 Å². The summed E-state index contributed by atoms with van der Waals surface area (Å²) in [6.07, 6.45) is 2.67. The smallest absolute Gasteiger partial charge is 0.240 e. The van der Waals surface area contributed by atoms with Gasteiger partial charge in [0.15, 0.2) is 17.3 Å². The molecular formula is C24H35N3O4. The highest BCUT2D eigenvalue weighted by Gasteiger charge is 2.37. The maximum absolute atomic E-state index is 13.2. The average Bonchev–Trinajstić information content (AvgIpc) is 3.42. The number of benzene rings is 1. The van der Waals surface area contributed by atoms with Gasteiger partial charge in [0, 0.05) is 38.1 Å². The van der Waals surface area contributed by atoms with Crippen LogP contribution in [0.15, 0.2) is 18.2 Å². The SMILES string of the molecule is CCC(C)(C)C(=O)CN1CCC[C@H]1C(=O)N1CCN(Cc2ccc3c(c2)OCO3)CC1. The van der Waals surface area contributed by atoms with Gasteiger partial charge in [-0.05, 0) is 43.5 Å². The van der Waals surface area contributed by atoms with Crippen molar-refractivity contribution in [2.45, 2.75) is 52.6 Å². The number of nitrogens with zero attached hydrogens (tertiary/aromatic N) is 3. The van der Waals surface area contributed by atoms with Gasteiger partial charge in [0.2, 0.25) is 12.7 Å². The van der Waals surface area contributed by atoms with E-state index in [2.05, 4.69) is 15.9 Å². The van der Waals surface area contributed by atoms with Crippen molar-refractivity contribution < 1.29 is 19.1 Å². The Morgan fingerprint density at radius 2 is 1.81 bits per heavy atom. The monoisotopic (exact) mass is 429 g/mol. The number of ketones is 1. The van der Waals surface area contributed by atoms with E-state index in [9.17, 15) is 9.59 Å². The molecule has 3 heterocycles. The Hall–Kier alpha value is -2.12. The zero-order chi connectivity index (χ0) is 22.0. The summed E-state index contributed by atoms with van der Waals surface area (Å²) in [5.74, 6) is 2.06. The third-order valence-corrected chi connectivity index (χ3v) is 7.16. The molecule has 3 aliphatic rings. The van der Waals surface area contributed by atoms with Crippen LogP contribution in [0.25, 0.3) is 0 Å². The molecule has 0 radical (unpaired) electrons. The molecule has 0 bridgehead atoms. The number of ether oxygens (including phenoxy) is 2. The Morgan fingerprint density at radius 3 is 2.55 bits per heavy atom. The second kappa shape index (κ2) is 9.17. The van der Waals surface area contributed by atoms with Gasteiger partial charge in [-0.2, -0.15) is 0 Å². The lowest BCUT2D eigenvalue weighted by atomic mass is 9.85. The van der Waals surface area contributed by atoms with E-state index >= 15 is 0 Å². The van der Waals surface area contributed by atoms with E-state index in [1.165, 1.54) is 5.56 Å². The van der Waals surface area contributed by atoms with Crippen molar-refractivity contribution in [2.75, 3.05) is 46.1 Å². The molecule has 0 aliphatic carbocycles. The van der Waals surface area contributed by atoms with E-state index in [0.29, 0.717) is 13.3 Å². The minimum Gasteiger partial charge on any atom is -0.454 e. The van der Waals surface area contributed by atoms with Crippen molar-refractivity contribution in [3.63, 3.8) is 0 Å². The van der Waals surface area contributed by atoms with Gasteiger partial charge in [-0.25, -0.2) is 0 Å². The number of carbonyl (C=O) groups is 2. The van der Waals surface area contributed by atoms with Crippen molar-refractivity contribution in [1.29, 1.82) is 0 Å². The van der Waals surface area contributed by atoms with Crippen LogP contribution < -0.4 is 9.47 Å². The molecule has 0 spiro atoms. The Kier molecular flexibility index (Phi) is 6.53. The highest BCUT2D eigenvalue weighted by molar-refractivity contribution is 5.87. The van der Waals surface area contributed by atoms with Crippen molar-refractivity contribution in [1.82, 2.24) is 14.7 Å². The van der Waals surface area contributed by atoms with Crippen molar-refractivity contribution in [2.24, 2.45) is 5.41 Å². The van der Waals surface area contributed by atoms with E-state index in [-0.39, 0.29) is 23.1 Å². The topological polar surface area (TPSA) is 62.3 Å². The fourth-order valence-electron chi connectivity index (χ4n) is 4.53. The van der Waals surface area contributed by atoms with Gasteiger partial charge in [0.05, 0.1) is 12.6 Å². The Balaban J connectivity index is 1.29. The average molecular weight is 430 g/mol. The first-order valence-corrected chi connectivity index (χ1v) is 11.5. The van der Waals surface area contributed by atoms with E-state index in [4.69, 9.17) is 9.47 Å². The molecule has 1 aromatic carbocycles. The van der Waals surface area contributed by atoms with Gasteiger partial charge in [0.25, 0.3) is 0 Å². The number of fused-ring (bicyclic) bond motifs is 1. The number of rotatable bonds is 7. The minimum atomic E-state index is -0.323. The number of Topliss-reactive ketones (excluding diaryl/α,β-unsaturated/α-hetero) is 1. The van der Waals surface area contributed by atoms with Crippen LogP contribution in [0.5, 0.6) is 11.5 Å². The van der Waals surface area contributed by atoms with Crippen LogP contribution in [0.4, 0.5) is 0 Å². The van der Waals surface area contributed by atoms with Crippen molar-refractivity contribution in [3.8, 4) is 11.5 Å². The van der Waals surface area contributed by atoms with Gasteiger partial charge in [0.1, 0.15) is 0 Å². The summed E-state index contributed by atoms with van der Waals surface area (Å²) >= 11 is 0. The second-order valence-corrected chi connectivity index (χ2v) is 9.58. The maximum Gasteiger partial charge on any atom is 0.240 e. The van der Waals surface area contributed by atoms with Gasteiger partial charge in [-0.3, -0.25) is 19.4 Å². The summed E-state index contributed by atoms with van der Waals surface area (Å²) in [5, 5.41) is 0. The molecule has 31 heavy (non-hydrogen) atoms. The standard InChI is InChI=1S/C24H35N3O4/c1-4-24(2,3)22(28)16-27-9-5-6-19(27)23(29)26-12-10-25(11-13-26)15-18-7-8-20-21(14-18)31-17-30-20/h7-8,14,19H,4-6,9-13,15-17H2,1-3H3/t19-/m0/s1. The summed E-state index contributed by atoms with van der Waals surface area (Å²) in [7, 11) is 0. The molecule has 3 aliphatic heterocycles. The number of carbonyl (C=O) groups excluding carboxylic acids is 2. The van der Waals surface area contributed by atoms with Crippen LogP contribution in [-0.4, -0.2) is 78.5 Å². The summed E-state index contributed by atoms with van der Waals surface area (Å²) in [6.45, 7) is 11.6. The third-order valence-electron chi connectivity index (χ3n) is 7.16. The molecule has 1 aromatic rings.